The molecule has 7 heteroatoms. The molecule has 0 bridgehead atoms. The van der Waals surface area contributed by atoms with Gasteiger partial charge in [-0.05, 0) is 19.9 Å². The van der Waals surface area contributed by atoms with E-state index in [-0.39, 0.29) is 12.3 Å². The Morgan fingerprint density at radius 1 is 1.58 bits per heavy atom. The molecule has 1 heterocycles. The summed E-state index contributed by atoms with van der Waals surface area (Å²) < 4.78 is 4.53. The summed E-state index contributed by atoms with van der Waals surface area (Å²) in [5.41, 5.74) is 6.14. The number of aromatic nitrogens is 1. The average Bonchev–Trinajstić information content (AvgIpc) is 2.82. The van der Waals surface area contributed by atoms with E-state index in [1.54, 1.807) is 6.92 Å². The molecule has 1 aromatic rings. The molecule has 0 radical (unpaired) electrons. The third kappa shape index (κ3) is 5.35. The molecule has 3 N–H and O–H groups in total. The summed E-state index contributed by atoms with van der Waals surface area (Å²) in [6, 6.07) is -0.646. The van der Waals surface area contributed by atoms with Crippen molar-refractivity contribution in [2.75, 3.05) is 13.7 Å². The monoisotopic (exact) mass is 285 g/mol. The third-order valence-electron chi connectivity index (χ3n) is 2.47. The molecule has 0 aliphatic heterocycles. The first-order chi connectivity index (χ1) is 9.06. The van der Waals surface area contributed by atoms with Gasteiger partial charge >= 0.3 is 5.97 Å². The van der Waals surface area contributed by atoms with E-state index in [9.17, 15) is 9.59 Å². The topological polar surface area (TPSA) is 94.3 Å². The number of methoxy groups -OCH3 is 1. The van der Waals surface area contributed by atoms with Crippen LogP contribution in [0.25, 0.3) is 0 Å². The molecule has 1 unspecified atom stereocenters. The van der Waals surface area contributed by atoms with E-state index in [0.717, 1.165) is 17.8 Å². The van der Waals surface area contributed by atoms with Gasteiger partial charge in [0.2, 0.25) is 5.91 Å². The first kappa shape index (κ1) is 15.6. The van der Waals surface area contributed by atoms with Crippen LogP contribution in [0.3, 0.4) is 0 Å². The number of nitrogens with zero attached hydrogens (tertiary/aromatic N) is 1. The smallest absolute Gasteiger partial charge is 0.328 e. The van der Waals surface area contributed by atoms with Gasteiger partial charge in [0.05, 0.1) is 24.2 Å². The molecule has 0 saturated heterocycles. The Hall–Kier alpha value is -1.47. The summed E-state index contributed by atoms with van der Waals surface area (Å²) in [5, 5.41) is 5.40. The maximum absolute atomic E-state index is 11.7. The Balaban J connectivity index is 2.43. The van der Waals surface area contributed by atoms with Crippen molar-refractivity contribution in [3.63, 3.8) is 0 Å². The van der Waals surface area contributed by atoms with Crippen molar-refractivity contribution in [2.45, 2.75) is 32.2 Å². The van der Waals surface area contributed by atoms with E-state index in [2.05, 4.69) is 15.0 Å². The van der Waals surface area contributed by atoms with Crippen LogP contribution in [0.1, 0.15) is 24.0 Å². The largest absolute Gasteiger partial charge is 0.467 e. The fourth-order valence-electron chi connectivity index (χ4n) is 1.49. The molecule has 0 aliphatic carbocycles. The zero-order chi connectivity index (χ0) is 14.3. The second-order valence-corrected chi connectivity index (χ2v) is 5.06. The number of rotatable bonds is 7. The Labute approximate surface area is 116 Å². The minimum atomic E-state index is -0.646. The van der Waals surface area contributed by atoms with Gasteiger partial charge in [0.1, 0.15) is 6.04 Å². The molecule has 0 aromatic carbocycles. The predicted octanol–water partition coefficient (Wildman–Crippen LogP) is 0.255. The average molecular weight is 285 g/mol. The highest BCUT2D eigenvalue weighted by molar-refractivity contribution is 7.09. The lowest BCUT2D eigenvalue weighted by atomic mass is 10.2. The van der Waals surface area contributed by atoms with Crippen molar-refractivity contribution in [2.24, 2.45) is 5.73 Å². The van der Waals surface area contributed by atoms with Crippen LogP contribution in [0.15, 0.2) is 5.38 Å². The molecule has 0 saturated carbocycles. The zero-order valence-corrected chi connectivity index (χ0v) is 12.0. The Kier molecular flexibility index (Phi) is 6.44. The molecule has 1 atom stereocenters. The summed E-state index contributed by atoms with van der Waals surface area (Å²) in [7, 11) is 1.29. The molecule has 1 aromatic heterocycles. The van der Waals surface area contributed by atoms with Gasteiger partial charge < -0.3 is 15.8 Å². The lowest BCUT2D eigenvalue weighted by Crippen LogP contribution is -2.39. The second-order valence-electron chi connectivity index (χ2n) is 4.11. The number of hydrogen-bond donors (Lipinski definition) is 2. The van der Waals surface area contributed by atoms with Crippen LogP contribution in [0.2, 0.25) is 0 Å². The molecule has 0 spiro atoms. The number of aryl methyl sites for hydroxylation is 1. The standard InChI is InChI=1S/C12H19N3O3S/c1-8(12(17)18-2)14-10(16)6-9-7-19-11(15-9)4-3-5-13/h7-8H,3-6,13H2,1-2H3,(H,14,16). The van der Waals surface area contributed by atoms with Gasteiger partial charge in [-0.2, -0.15) is 0 Å². The Morgan fingerprint density at radius 3 is 2.95 bits per heavy atom. The maximum Gasteiger partial charge on any atom is 0.328 e. The van der Waals surface area contributed by atoms with Gasteiger partial charge in [-0.3, -0.25) is 4.79 Å². The van der Waals surface area contributed by atoms with Crippen molar-refractivity contribution in [3.8, 4) is 0 Å². The lowest BCUT2D eigenvalue weighted by molar-refractivity contribution is -0.144. The summed E-state index contributed by atoms with van der Waals surface area (Å²) in [5.74, 6) is -0.705. The fraction of sp³-hybridized carbons (Fsp3) is 0.583. The first-order valence-corrected chi connectivity index (χ1v) is 6.95. The summed E-state index contributed by atoms with van der Waals surface area (Å²) in [4.78, 5) is 27.2. The van der Waals surface area contributed by atoms with Crippen LogP contribution in [0.5, 0.6) is 0 Å². The van der Waals surface area contributed by atoms with E-state index < -0.39 is 12.0 Å². The molecule has 1 amide bonds. The van der Waals surface area contributed by atoms with Crippen molar-refractivity contribution in [1.82, 2.24) is 10.3 Å². The summed E-state index contributed by atoms with van der Waals surface area (Å²) in [6.07, 6.45) is 1.89. The highest BCUT2D eigenvalue weighted by Crippen LogP contribution is 2.12. The molecular weight excluding hydrogens is 266 g/mol. The van der Waals surface area contributed by atoms with Crippen LogP contribution >= 0.6 is 11.3 Å². The van der Waals surface area contributed by atoms with Crippen LogP contribution < -0.4 is 11.1 Å². The lowest BCUT2D eigenvalue weighted by Gasteiger charge is -2.10. The Bertz CT molecular complexity index is 434. The van der Waals surface area contributed by atoms with Crippen LogP contribution in [-0.2, 0) is 27.2 Å². The van der Waals surface area contributed by atoms with Gasteiger partial charge in [-0.1, -0.05) is 0 Å². The number of hydrogen-bond acceptors (Lipinski definition) is 6. The summed E-state index contributed by atoms with van der Waals surface area (Å²) in [6.45, 7) is 2.21. The number of carbonyl (C=O) groups is 2. The number of thiazole rings is 1. The minimum absolute atomic E-state index is 0.167. The number of amides is 1. The van der Waals surface area contributed by atoms with Gasteiger partial charge in [0.15, 0.2) is 0 Å². The van der Waals surface area contributed by atoms with Crippen molar-refractivity contribution in [3.05, 3.63) is 16.1 Å². The van der Waals surface area contributed by atoms with Gasteiger partial charge in [-0.25, -0.2) is 9.78 Å². The highest BCUT2D eigenvalue weighted by Gasteiger charge is 2.16. The highest BCUT2D eigenvalue weighted by atomic mass is 32.1. The van der Waals surface area contributed by atoms with Crippen LogP contribution in [0, 0.1) is 0 Å². The quantitative estimate of drug-likeness (QED) is 0.701. The number of esters is 1. The summed E-state index contributed by atoms with van der Waals surface area (Å²) >= 11 is 1.52. The molecule has 106 valence electrons. The van der Waals surface area contributed by atoms with Crippen LogP contribution in [-0.4, -0.2) is 36.6 Å². The number of nitrogens with two attached hydrogens (primary N) is 1. The first-order valence-electron chi connectivity index (χ1n) is 6.07. The van der Waals surface area contributed by atoms with E-state index in [4.69, 9.17) is 5.73 Å². The van der Waals surface area contributed by atoms with Gasteiger partial charge in [0, 0.05) is 11.8 Å². The molecule has 0 fully saturated rings. The number of nitrogens with one attached hydrogen (secondary N) is 1. The van der Waals surface area contributed by atoms with Gasteiger partial charge in [-0.15, -0.1) is 11.3 Å². The predicted molar refractivity (Wildman–Crippen MR) is 72.8 cm³/mol. The van der Waals surface area contributed by atoms with Crippen LogP contribution in [0.4, 0.5) is 0 Å². The minimum Gasteiger partial charge on any atom is -0.467 e. The molecule has 1 rings (SSSR count). The van der Waals surface area contributed by atoms with Crippen molar-refractivity contribution in [1.29, 1.82) is 0 Å². The SMILES string of the molecule is COC(=O)C(C)NC(=O)Cc1csc(CCCN)n1. The van der Waals surface area contributed by atoms with Crippen molar-refractivity contribution >= 4 is 23.2 Å². The molecule has 6 nitrogen and oxygen atoms in total. The number of ether oxygens (including phenoxy) is 1. The third-order valence-corrected chi connectivity index (χ3v) is 3.43. The number of carbonyl (C=O) groups excluding carboxylic acids is 2. The van der Waals surface area contributed by atoms with E-state index in [0.29, 0.717) is 12.2 Å². The van der Waals surface area contributed by atoms with E-state index in [1.165, 1.54) is 18.4 Å². The maximum atomic E-state index is 11.7. The Morgan fingerprint density at radius 2 is 2.32 bits per heavy atom. The normalized spacial score (nSPS) is 11.9. The zero-order valence-electron chi connectivity index (χ0n) is 11.1. The van der Waals surface area contributed by atoms with Crippen molar-refractivity contribution < 1.29 is 14.3 Å². The molecular formula is C12H19N3O3S. The second kappa shape index (κ2) is 7.85. The van der Waals surface area contributed by atoms with E-state index >= 15 is 0 Å². The molecule has 19 heavy (non-hydrogen) atoms. The van der Waals surface area contributed by atoms with E-state index in [1.807, 2.05) is 5.38 Å². The van der Waals surface area contributed by atoms with Gasteiger partial charge in [0.25, 0.3) is 0 Å². The fourth-order valence-corrected chi connectivity index (χ4v) is 2.33. The molecule has 0 aliphatic rings.